The average molecular weight is 359 g/mol. The van der Waals surface area contributed by atoms with Crippen molar-refractivity contribution in [2.45, 2.75) is 0 Å². The van der Waals surface area contributed by atoms with E-state index in [4.69, 9.17) is 18.0 Å². The zero-order valence-electron chi connectivity index (χ0n) is 10.1. The molecule has 104 valence electrons. The second-order valence-electron chi connectivity index (χ2n) is 3.63. The first kappa shape index (κ1) is 14.5. The Hall–Kier alpha value is -1.87. The van der Waals surface area contributed by atoms with Gasteiger partial charge in [0.05, 0.1) is 11.6 Å². The summed E-state index contributed by atoms with van der Waals surface area (Å²) in [6.07, 6.45) is 1.21. The summed E-state index contributed by atoms with van der Waals surface area (Å²) in [6.45, 7) is 0. The Balaban J connectivity index is 2.49. The fourth-order valence-electron chi connectivity index (χ4n) is 1.47. The summed E-state index contributed by atoms with van der Waals surface area (Å²) >= 11 is 7.89. The molecule has 1 aromatic heterocycles. The van der Waals surface area contributed by atoms with Gasteiger partial charge in [-0.3, -0.25) is 0 Å². The molecule has 0 aliphatic carbocycles. The highest BCUT2D eigenvalue weighted by Crippen LogP contribution is 2.25. The van der Waals surface area contributed by atoms with Crippen LogP contribution in [0.2, 0.25) is 0 Å². The first-order valence-corrected chi connectivity index (χ1v) is 6.44. The molecule has 0 spiro atoms. The number of hydrogen-bond donors (Lipinski definition) is 1. The highest BCUT2D eigenvalue weighted by atomic mass is 79.9. The number of benzene rings is 1. The highest BCUT2D eigenvalue weighted by molar-refractivity contribution is 9.10. The first-order chi connectivity index (χ1) is 9.45. The molecule has 20 heavy (non-hydrogen) atoms. The van der Waals surface area contributed by atoms with Crippen molar-refractivity contribution in [2.24, 2.45) is 5.73 Å². The normalized spacial score (nSPS) is 10.3. The molecule has 0 fully saturated rings. The van der Waals surface area contributed by atoms with Gasteiger partial charge >= 0.3 is 5.97 Å². The molecule has 0 radical (unpaired) electrons. The minimum atomic E-state index is -0.706. The van der Waals surface area contributed by atoms with Crippen LogP contribution in [-0.2, 0) is 4.74 Å². The summed E-state index contributed by atoms with van der Waals surface area (Å²) in [4.78, 5) is 15.1. The van der Waals surface area contributed by atoms with Crippen LogP contribution in [0.3, 0.4) is 0 Å². The fraction of sp³-hybridized carbons (Fsp3) is 0.0909. The van der Waals surface area contributed by atoms with Gasteiger partial charge in [0.2, 0.25) is 0 Å². The molecule has 0 bridgehead atoms. The summed E-state index contributed by atoms with van der Waals surface area (Å²) in [5, 5.41) is 3.83. The van der Waals surface area contributed by atoms with E-state index in [0.29, 0.717) is 5.56 Å². The lowest BCUT2D eigenvalue weighted by atomic mass is 10.2. The molecule has 0 saturated heterocycles. The van der Waals surface area contributed by atoms with E-state index >= 15 is 0 Å². The number of thiocarbonyl (C=S) groups is 1. The average Bonchev–Trinajstić information content (AvgIpc) is 2.90. The largest absolute Gasteiger partial charge is 0.463 e. The minimum Gasteiger partial charge on any atom is -0.463 e. The number of halogens is 2. The molecule has 0 aliphatic rings. The van der Waals surface area contributed by atoms with Crippen LogP contribution in [0, 0.1) is 5.82 Å². The van der Waals surface area contributed by atoms with Crippen LogP contribution in [0.5, 0.6) is 0 Å². The molecule has 2 rings (SSSR count). The molecule has 9 heteroatoms. The van der Waals surface area contributed by atoms with Crippen LogP contribution in [0.15, 0.2) is 22.9 Å². The van der Waals surface area contributed by atoms with Gasteiger partial charge < -0.3 is 10.5 Å². The lowest BCUT2D eigenvalue weighted by Gasteiger charge is -2.08. The van der Waals surface area contributed by atoms with Gasteiger partial charge in [0.15, 0.2) is 5.82 Å². The van der Waals surface area contributed by atoms with Gasteiger partial charge in [-0.1, -0.05) is 12.2 Å². The van der Waals surface area contributed by atoms with Crippen LogP contribution >= 0.6 is 28.1 Å². The van der Waals surface area contributed by atoms with Crippen molar-refractivity contribution in [3.05, 3.63) is 40.1 Å². The quantitative estimate of drug-likeness (QED) is 0.662. The van der Waals surface area contributed by atoms with Crippen molar-refractivity contribution < 1.29 is 13.9 Å². The van der Waals surface area contributed by atoms with E-state index in [0.717, 1.165) is 4.68 Å². The Morgan fingerprint density at radius 2 is 2.25 bits per heavy atom. The number of esters is 1. The number of methoxy groups -OCH3 is 1. The van der Waals surface area contributed by atoms with Crippen LogP contribution < -0.4 is 5.73 Å². The van der Waals surface area contributed by atoms with Gasteiger partial charge in [-0.05, 0) is 28.1 Å². The Morgan fingerprint density at radius 3 is 2.85 bits per heavy atom. The lowest BCUT2D eigenvalue weighted by Crippen LogP contribution is -2.12. The second kappa shape index (κ2) is 5.63. The molecule has 2 aromatic rings. The lowest BCUT2D eigenvalue weighted by molar-refractivity contribution is 0.0587. The van der Waals surface area contributed by atoms with Crippen molar-refractivity contribution >= 4 is 39.1 Å². The number of nitrogens with two attached hydrogens (primary N) is 1. The van der Waals surface area contributed by atoms with E-state index in [2.05, 4.69) is 30.7 Å². The first-order valence-electron chi connectivity index (χ1n) is 5.24. The SMILES string of the molecule is COC(=O)c1ncn(-c2ccc(C(N)=S)c(Br)c2F)n1. The van der Waals surface area contributed by atoms with E-state index in [1.807, 2.05) is 0 Å². The molecule has 0 unspecified atom stereocenters. The summed E-state index contributed by atoms with van der Waals surface area (Å²) in [6, 6.07) is 2.98. The summed E-state index contributed by atoms with van der Waals surface area (Å²) in [7, 11) is 1.21. The van der Waals surface area contributed by atoms with Gasteiger partial charge in [-0.2, -0.15) is 0 Å². The third kappa shape index (κ3) is 2.54. The van der Waals surface area contributed by atoms with Gasteiger partial charge in [0, 0.05) is 5.56 Å². The van der Waals surface area contributed by atoms with E-state index in [1.165, 1.54) is 19.5 Å². The van der Waals surface area contributed by atoms with E-state index < -0.39 is 11.8 Å². The summed E-state index contributed by atoms with van der Waals surface area (Å²) in [5.41, 5.74) is 5.94. The number of rotatable bonds is 3. The molecule has 0 atom stereocenters. The van der Waals surface area contributed by atoms with E-state index in [1.54, 1.807) is 6.07 Å². The third-order valence-electron chi connectivity index (χ3n) is 2.43. The summed E-state index contributed by atoms with van der Waals surface area (Å²) in [5.74, 6) is -1.49. The topological polar surface area (TPSA) is 83.0 Å². The van der Waals surface area contributed by atoms with Crippen LogP contribution in [-0.4, -0.2) is 32.8 Å². The van der Waals surface area contributed by atoms with Gasteiger partial charge in [-0.25, -0.2) is 18.9 Å². The predicted molar refractivity (Wildman–Crippen MR) is 76.2 cm³/mol. The molecule has 0 amide bonds. The molecule has 0 aliphatic heterocycles. The summed E-state index contributed by atoms with van der Waals surface area (Å²) < 4.78 is 20.0. The fourth-order valence-corrected chi connectivity index (χ4v) is 2.32. The standard InChI is InChI=1S/C11H8BrFN4O2S/c1-19-11(18)10-15-4-17(16-10)6-3-2-5(9(14)20)7(12)8(6)13/h2-4H,1H3,(H2,14,20). The highest BCUT2D eigenvalue weighted by Gasteiger charge is 2.17. The van der Waals surface area contributed by atoms with Crippen LogP contribution in [0.25, 0.3) is 5.69 Å². The van der Waals surface area contributed by atoms with Crippen LogP contribution in [0.1, 0.15) is 16.2 Å². The van der Waals surface area contributed by atoms with Gasteiger partial charge in [0.25, 0.3) is 5.82 Å². The second-order valence-corrected chi connectivity index (χ2v) is 4.86. The Kier molecular flexibility index (Phi) is 4.09. The smallest absolute Gasteiger partial charge is 0.377 e. The Labute approximate surface area is 126 Å². The van der Waals surface area contributed by atoms with Crippen molar-refractivity contribution in [1.29, 1.82) is 0 Å². The third-order valence-corrected chi connectivity index (χ3v) is 3.43. The maximum absolute atomic E-state index is 14.2. The Morgan fingerprint density at radius 1 is 1.55 bits per heavy atom. The van der Waals surface area contributed by atoms with Crippen molar-refractivity contribution in [1.82, 2.24) is 14.8 Å². The number of nitrogens with zero attached hydrogens (tertiary/aromatic N) is 3. The number of hydrogen-bond acceptors (Lipinski definition) is 5. The van der Waals surface area contributed by atoms with E-state index in [9.17, 15) is 9.18 Å². The minimum absolute atomic E-state index is 0.0659. The van der Waals surface area contributed by atoms with Crippen molar-refractivity contribution in [2.75, 3.05) is 7.11 Å². The molecule has 1 aromatic carbocycles. The monoisotopic (exact) mass is 358 g/mol. The molecular weight excluding hydrogens is 351 g/mol. The zero-order chi connectivity index (χ0) is 14.9. The zero-order valence-corrected chi connectivity index (χ0v) is 12.5. The predicted octanol–water partition coefficient (Wildman–Crippen LogP) is 1.59. The maximum atomic E-state index is 14.2. The van der Waals surface area contributed by atoms with Crippen LogP contribution in [0.4, 0.5) is 4.39 Å². The molecule has 2 N–H and O–H groups in total. The van der Waals surface area contributed by atoms with Gasteiger partial charge in [0.1, 0.15) is 17.0 Å². The number of ether oxygens (including phenoxy) is 1. The molecule has 6 nitrogen and oxygen atoms in total. The molecule has 0 saturated carbocycles. The number of aromatic nitrogens is 3. The van der Waals surface area contributed by atoms with Gasteiger partial charge in [-0.15, -0.1) is 5.10 Å². The Bertz CT molecular complexity index is 704. The van der Waals surface area contributed by atoms with Crippen molar-refractivity contribution in [3.8, 4) is 5.69 Å². The molecular formula is C11H8BrFN4O2S. The molecule has 1 heterocycles. The van der Waals surface area contributed by atoms with E-state index in [-0.39, 0.29) is 21.0 Å². The number of carbonyl (C=O) groups excluding carboxylic acids is 1. The number of carbonyl (C=O) groups is 1. The van der Waals surface area contributed by atoms with Crippen molar-refractivity contribution in [3.63, 3.8) is 0 Å². The maximum Gasteiger partial charge on any atom is 0.377 e.